The van der Waals surface area contributed by atoms with Gasteiger partial charge in [-0.15, -0.1) is 0 Å². The highest BCUT2D eigenvalue weighted by molar-refractivity contribution is 7.84. The fourth-order valence-electron chi connectivity index (χ4n) is 1.51. The molecule has 5 nitrogen and oxygen atoms in total. The number of aromatic nitrogens is 3. The molecule has 6 heteroatoms. The lowest BCUT2D eigenvalue weighted by Gasteiger charge is -2.17. The SMILES string of the molecule is CC(C)Cn1ncnc1CS(=O)CC(C)(C)N. The Labute approximate surface area is 105 Å². The Morgan fingerprint density at radius 3 is 2.71 bits per heavy atom. The van der Waals surface area contributed by atoms with E-state index in [4.69, 9.17) is 5.73 Å². The first-order chi connectivity index (χ1) is 7.78. The molecule has 0 aliphatic heterocycles. The molecule has 0 bridgehead atoms. The summed E-state index contributed by atoms with van der Waals surface area (Å²) in [7, 11) is -0.992. The van der Waals surface area contributed by atoms with E-state index in [2.05, 4.69) is 23.9 Å². The minimum Gasteiger partial charge on any atom is -0.325 e. The average Bonchev–Trinajstić information content (AvgIpc) is 2.47. The number of hydrogen-bond acceptors (Lipinski definition) is 4. The van der Waals surface area contributed by atoms with E-state index >= 15 is 0 Å². The Hall–Kier alpha value is -0.750. The molecule has 98 valence electrons. The third-order valence-electron chi connectivity index (χ3n) is 2.06. The van der Waals surface area contributed by atoms with Crippen LogP contribution >= 0.6 is 0 Å². The van der Waals surface area contributed by atoms with E-state index in [1.54, 1.807) is 0 Å². The number of hydrogen-bond donors (Lipinski definition) is 1. The predicted octanol–water partition coefficient (Wildman–Crippen LogP) is 0.920. The molecule has 0 saturated carbocycles. The molecule has 0 aliphatic carbocycles. The molecular weight excluding hydrogens is 236 g/mol. The molecule has 0 aromatic carbocycles. The van der Waals surface area contributed by atoms with Gasteiger partial charge in [-0.3, -0.25) is 4.21 Å². The van der Waals surface area contributed by atoms with Crippen molar-refractivity contribution in [3.8, 4) is 0 Å². The first-order valence-electron chi connectivity index (χ1n) is 5.78. The number of nitrogens with two attached hydrogens (primary N) is 1. The molecule has 2 N–H and O–H groups in total. The highest BCUT2D eigenvalue weighted by atomic mass is 32.2. The quantitative estimate of drug-likeness (QED) is 0.823. The first kappa shape index (κ1) is 14.3. The van der Waals surface area contributed by atoms with Gasteiger partial charge in [0.1, 0.15) is 12.2 Å². The predicted molar refractivity (Wildman–Crippen MR) is 69.8 cm³/mol. The fourth-order valence-corrected chi connectivity index (χ4v) is 2.95. The van der Waals surface area contributed by atoms with Crippen LogP contribution in [-0.2, 0) is 23.1 Å². The van der Waals surface area contributed by atoms with Gasteiger partial charge in [-0.25, -0.2) is 9.67 Å². The molecule has 1 atom stereocenters. The molecule has 1 unspecified atom stereocenters. The summed E-state index contributed by atoms with van der Waals surface area (Å²) in [6.45, 7) is 8.79. The van der Waals surface area contributed by atoms with Crippen molar-refractivity contribution in [3.63, 3.8) is 0 Å². The van der Waals surface area contributed by atoms with Crippen LogP contribution in [0.25, 0.3) is 0 Å². The molecular formula is C11H22N4OS. The van der Waals surface area contributed by atoms with E-state index < -0.39 is 16.3 Å². The monoisotopic (exact) mass is 258 g/mol. The van der Waals surface area contributed by atoms with Crippen molar-refractivity contribution in [3.05, 3.63) is 12.2 Å². The lowest BCUT2D eigenvalue weighted by atomic mass is 10.1. The van der Waals surface area contributed by atoms with Crippen LogP contribution in [0.4, 0.5) is 0 Å². The molecule has 1 rings (SSSR count). The average molecular weight is 258 g/mol. The van der Waals surface area contributed by atoms with E-state index in [0.717, 1.165) is 12.4 Å². The summed E-state index contributed by atoms with van der Waals surface area (Å²) in [5.74, 6) is 2.17. The van der Waals surface area contributed by atoms with Gasteiger partial charge in [0.2, 0.25) is 0 Å². The largest absolute Gasteiger partial charge is 0.325 e. The number of nitrogens with zero attached hydrogens (tertiary/aromatic N) is 3. The van der Waals surface area contributed by atoms with E-state index in [0.29, 0.717) is 17.4 Å². The van der Waals surface area contributed by atoms with Gasteiger partial charge >= 0.3 is 0 Å². The summed E-state index contributed by atoms with van der Waals surface area (Å²) in [5.41, 5.74) is 5.44. The molecule has 1 heterocycles. The van der Waals surface area contributed by atoms with Crippen LogP contribution in [0.3, 0.4) is 0 Å². The van der Waals surface area contributed by atoms with Gasteiger partial charge in [-0.1, -0.05) is 13.8 Å². The summed E-state index contributed by atoms with van der Waals surface area (Å²) >= 11 is 0. The van der Waals surface area contributed by atoms with Gasteiger partial charge in [-0.2, -0.15) is 5.10 Å². The van der Waals surface area contributed by atoms with Gasteiger partial charge in [0.15, 0.2) is 0 Å². The second-order valence-corrected chi connectivity index (χ2v) is 6.93. The molecule has 0 fully saturated rings. The van der Waals surface area contributed by atoms with E-state index in [1.807, 2.05) is 18.5 Å². The van der Waals surface area contributed by atoms with Crippen LogP contribution in [0.2, 0.25) is 0 Å². The van der Waals surface area contributed by atoms with Crippen LogP contribution < -0.4 is 5.73 Å². The highest BCUT2D eigenvalue weighted by Gasteiger charge is 2.17. The van der Waals surface area contributed by atoms with Crippen molar-refractivity contribution in [2.75, 3.05) is 5.75 Å². The zero-order valence-electron chi connectivity index (χ0n) is 11.0. The first-order valence-corrected chi connectivity index (χ1v) is 7.27. The van der Waals surface area contributed by atoms with Crippen LogP contribution in [0, 0.1) is 5.92 Å². The molecule has 0 saturated heterocycles. The second kappa shape index (κ2) is 5.73. The third kappa shape index (κ3) is 5.41. The van der Waals surface area contributed by atoms with Crippen molar-refractivity contribution in [1.29, 1.82) is 0 Å². The Morgan fingerprint density at radius 2 is 2.18 bits per heavy atom. The second-order valence-electron chi connectivity index (χ2n) is 5.47. The Balaban J connectivity index is 2.62. The Bertz CT molecular complexity index is 381. The van der Waals surface area contributed by atoms with E-state index in [-0.39, 0.29) is 0 Å². The normalized spacial score (nSPS) is 14.2. The van der Waals surface area contributed by atoms with Crippen LogP contribution in [0.15, 0.2) is 6.33 Å². The lowest BCUT2D eigenvalue weighted by molar-refractivity contribution is 0.471. The summed E-state index contributed by atoms with van der Waals surface area (Å²) in [6.07, 6.45) is 1.52. The zero-order chi connectivity index (χ0) is 13.1. The van der Waals surface area contributed by atoms with Gasteiger partial charge in [0.25, 0.3) is 0 Å². The van der Waals surface area contributed by atoms with Gasteiger partial charge in [-0.05, 0) is 19.8 Å². The molecule has 0 spiro atoms. The lowest BCUT2D eigenvalue weighted by Crippen LogP contribution is -2.38. The van der Waals surface area contributed by atoms with Crippen LogP contribution in [0.1, 0.15) is 33.5 Å². The molecule has 17 heavy (non-hydrogen) atoms. The molecule has 0 aliphatic rings. The van der Waals surface area contributed by atoms with Crippen molar-refractivity contribution >= 4 is 10.8 Å². The zero-order valence-corrected chi connectivity index (χ0v) is 11.8. The summed E-state index contributed by atoms with van der Waals surface area (Å²) < 4.78 is 13.7. The summed E-state index contributed by atoms with van der Waals surface area (Å²) in [6, 6.07) is 0. The fraction of sp³-hybridized carbons (Fsp3) is 0.818. The molecule has 1 aromatic rings. The van der Waals surface area contributed by atoms with Crippen molar-refractivity contribution < 1.29 is 4.21 Å². The molecule has 0 amide bonds. The third-order valence-corrected chi connectivity index (χ3v) is 3.70. The van der Waals surface area contributed by atoms with Gasteiger partial charge in [0.05, 0.1) is 5.75 Å². The van der Waals surface area contributed by atoms with Crippen LogP contribution in [-0.4, -0.2) is 30.3 Å². The molecule has 0 radical (unpaired) electrons. The standard InChI is InChI=1S/C11H22N4OS/c1-9(2)5-15-10(13-8-14-15)6-17(16)7-11(3,4)12/h8-9H,5-7,12H2,1-4H3. The maximum absolute atomic E-state index is 11.9. The van der Waals surface area contributed by atoms with Crippen molar-refractivity contribution in [2.24, 2.45) is 11.7 Å². The van der Waals surface area contributed by atoms with Gasteiger partial charge in [0, 0.05) is 28.6 Å². The van der Waals surface area contributed by atoms with Crippen molar-refractivity contribution in [1.82, 2.24) is 14.8 Å². The maximum Gasteiger partial charge on any atom is 0.139 e. The van der Waals surface area contributed by atoms with Gasteiger partial charge < -0.3 is 5.73 Å². The minimum atomic E-state index is -0.992. The number of rotatable bonds is 6. The maximum atomic E-state index is 11.9. The minimum absolute atomic E-state index is 0.409. The van der Waals surface area contributed by atoms with E-state index in [9.17, 15) is 4.21 Å². The topological polar surface area (TPSA) is 73.8 Å². The summed E-state index contributed by atoms with van der Waals surface area (Å²) in [4.78, 5) is 4.16. The van der Waals surface area contributed by atoms with E-state index in [1.165, 1.54) is 6.33 Å². The Morgan fingerprint density at radius 1 is 1.53 bits per heavy atom. The smallest absolute Gasteiger partial charge is 0.139 e. The molecule has 1 aromatic heterocycles. The van der Waals surface area contributed by atoms with Crippen molar-refractivity contribution in [2.45, 2.75) is 45.5 Å². The van der Waals surface area contributed by atoms with Crippen LogP contribution in [0.5, 0.6) is 0 Å². The summed E-state index contributed by atoms with van der Waals surface area (Å²) in [5, 5.41) is 4.15. The highest BCUT2D eigenvalue weighted by Crippen LogP contribution is 2.07. The Kier molecular flexibility index (Phi) is 4.82.